The van der Waals surface area contributed by atoms with Crippen molar-refractivity contribution >= 4 is 6.16 Å². The van der Waals surface area contributed by atoms with Gasteiger partial charge in [0, 0.05) is 0 Å². The Bertz CT molecular complexity index is 34.0. The van der Waals surface area contributed by atoms with Gasteiger partial charge in [-0.3, -0.25) is 10.5 Å². The zero-order chi connectivity index (χ0) is 5.58. The standard InChI is InChI=1S/CH2O3.2Na.H2O2.H2O/c2-1(3)4;;;1-2;/h(H2,2,3,4);;;1-2H;1H2/q;2*+1;;/p-2. The van der Waals surface area contributed by atoms with Crippen molar-refractivity contribution in [1.29, 1.82) is 0 Å². The van der Waals surface area contributed by atoms with Gasteiger partial charge in [-0.2, -0.15) is 0 Å². The molecular formula is CH4Na2O6. The third kappa shape index (κ3) is 354. The SMILES string of the molecule is O.O=C([O-])[O-].OO.[Na+].[Na+]. The van der Waals surface area contributed by atoms with E-state index in [0.29, 0.717) is 0 Å². The zero-order valence-corrected chi connectivity index (χ0v) is 9.12. The van der Waals surface area contributed by atoms with Gasteiger partial charge in [0.15, 0.2) is 0 Å². The largest absolute Gasteiger partial charge is 1.00 e. The Morgan fingerprint density at radius 1 is 1.11 bits per heavy atom. The second-order valence-electron chi connectivity index (χ2n) is 0.250. The first kappa shape index (κ1) is 32.0. The van der Waals surface area contributed by atoms with E-state index in [1.54, 1.807) is 0 Å². The van der Waals surface area contributed by atoms with Crippen molar-refractivity contribution in [2.75, 3.05) is 0 Å². The molecule has 4 N–H and O–H groups in total. The van der Waals surface area contributed by atoms with Crippen LogP contribution in [0.2, 0.25) is 0 Å². The summed E-state index contributed by atoms with van der Waals surface area (Å²) in [4.78, 5) is 8.33. The van der Waals surface area contributed by atoms with Crippen LogP contribution in [0.25, 0.3) is 0 Å². The minimum absolute atomic E-state index is 0. The van der Waals surface area contributed by atoms with Crippen LogP contribution < -0.4 is 69.3 Å². The molecule has 0 saturated carbocycles. The number of hydrogen-bond donors (Lipinski definition) is 2. The molecule has 0 saturated heterocycles. The Balaban J connectivity index is -0.00000000990. The third-order valence-corrected chi connectivity index (χ3v) is 0. The molecule has 0 atom stereocenters. The molecule has 0 aliphatic carbocycles. The van der Waals surface area contributed by atoms with Crippen LogP contribution >= 0.6 is 0 Å². The number of rotatable bonds is 0. The first-order valence-electron chi connectivity index (χ1n) is 0.812. The molecule has 0 spiro atoms. The number of carbonyl (C=O) groups is 1. The fraction of sp³-hybridized carbons (Fsp3) is 0. The molecule has 0 fully saturated rings. The van der Waals surface area contributed by atoms with Crippen LogP contribution in [-0.4, -0.2) is 22.1 Å². The Morgan fingerprint density at radius 3 is 1.11 bits per heavy atom. The molecule has 0 aromatic carbocycles. The van der Waals surface area contributed by atoms with Crippen molar-refractivity contribution in [2.45, 2.75) is 0 Å². The Morgan fingerprint density at radius 2 is 1.11 bits per heavy atom. The summed E-state index contributed by atoms with van der Waals surface area (Å²) >= 11 is 0. The average Bonchev–Trinajstić information content (AvgIpc) is 1.41. The summed E-state index contributed by atoms with van der Waals surface area (Å²) in [5.74, 6) is 0. The van der Waals surface area contributed by atoms with Crippen LogP contribution in [0.4, 0.5) is 4.79 Å². The van der Waals surface area contributed by atoms with Crippen LogP contribution in [0.15, 0.2) is 0 Å². The molecule has 0 unspecified atom stereocenters. The predicted molar refractivity (Wildman–Crippen MR) is 14.3 cm³/mol. The van der Waals surface area contributed by atoms with E-state index in [1.807, 2.05) is 0 Å². The van der Waals surface area contributed by atoms with Crippen molar-refractivity contribution < 1.29 is 90.1 Å². The van der Waals surface area contributed by atoms with E-state index in [0.717, 1.165) is 0 Å². The molecule has 0 aromatic rings. The summed E-state index contributed by atoms with van der Waals surface area (Å²) in [6.45, 7) is 0. The van der Waals surface area contributed by atoms with Gasteiger partial charge in [-0.1, -0.05) is 0 Å². The van der Waals surface area contributed by atoms with Crippen LogP contribution in [0.1, 0.15) is 0 Å². The first-order chi connectivity index (χ1) is 2.73. The second kappa shape index (κ2) is 35.3. The molecule has 8 heteroatoms. The van der Waals surface area contributed by atoms with Gasteiger partial charge < -0.3 is 20.5 Å². The fourth-order valence-electron chi connectivity index (χ4n) is 0. The quantitative estimate of drug-likeness (QED) is 0.205. The van der Waals surface area contributed by atoms with Gasteiger partial charge in [0.1, 0.15) is 0 Å². The maximum absolute atomic E-state index is 8.33. The van der Waals surface area contributed by atoms with E-state index in [1.165, 1.54) is 0 Å². The molecule has 6 nitrogen and oxygen atoms in total. The van der Waals surface area contributed by atoms with E-state index < -0.39 is 6.16 Å². The minimum atomic E-state index is -2.33. The summed E-state index contributed by atoms with van der Waals surface area (Å²) in [7, 11) is 0. The van der Waals surface area contributed by atoms with Crippen LogP contribution in [0, 0.1) is 0 Å². The smallest absolute Gasteiger partial charge is 0.652 e. The fourth-order valence-corrected chi connectivity index (χ4v) is 0. The summed E-state index contributed by atoms with van der Waals surface area (Å²) in [6.07, 6.45) is -2.33. The molecule has 46 valence electrons. The van der Waals surface area contributed by atoms with Gasteiger partial charge in [0.2, 0.25) is 0 Å². The monoisotopic (exact) mass is 158 g/mol. The average molecular weight is 158 g/mol. The van der Waals surface area contributed by atoms with Crippen molar-refractivity contribution in [1.82, 2.24) is 0 Å². The zero-order valence-electron chi connectivity index (χ0n) is 5.12. The van der Waals surface area contributed by atoms with Crippen molar-refractivity contribution in [3.05, 3.63) is 0 Å². The number of carbonyl (C=O) groups excluding carboxylic acids is 1. The molecular weight excluding hydrogens is 154 g/mol. The Kier molecular flexibility index (Phi) is 126. The molecule has 0 aliphatic rings. The molecule has 9 heavy (non-hydrogen) atoms. The molecule has 0 heterocycles. The molecule has 0 rings (SSSR count). The third-order valence-electron chi connectivity index (χ3n) is 0. The van der Waals surface area contributed by atoms with E-state index in [9.17, 15) is 0 Å². The minimum Gasteiger partial charge on any atom is -0.652 e. The van der Waals surface area contributed by atoms with Gasteiger partial charge in [0.05, 0.1) is 0 Å². The number of carboxylic acid groups (broad SMARTS) is 2. The van der Waals surface area contributed by atoms with Crippen LogP contribution in [0.3, 0.4) is 0 Å². The molecule has 0 bridgehead atoms. The topological polar surface area (TPSA) is 135 Å². The van der Waals surface area contributed by atoms with Crippen molar-refractivity contribution in [3.8, 4) is 0 Å². The van der Waals surface area contributed by atoms with Gasteiger partial charge in [-0.05, 0) is 6.16 Å². The summed E-state index contributed by atoms with van der Waals surface area (Å²) in [6, 6.07) is 0. The van der Waals surface area contributed by atoms with Gasteiger partial charge in [-0.15, -0.1) is 0 Å². The van der Waals surface area contributed by atoms with E-state index in [4.69, 9.17) is 25.5 Å². The maximum atomic E-state index is 8.33. The van der Waals surface area contributed by atoms with Crippen molar-refractivity contribution in [3.63, 3.8) is 0 Å². The van der Waals surface area contributed by atoms with E-state index in [-0.39, 0.29) is 64.6 Å². The summed E-state index contributed by atoms with van der Waals surface area (Å²) in [5.41, 5.74) is 0. The van der Waals surface area contributed by atoms with Gasteiger partial charge >= 0.3 is 59.1 Å². The van der Waals surface area contributed by atoms with Gasteiger partial charge in [-0.25, -0.2) is 0 Å². The normalized spacial score (nSPS) is 3.33. The second-order valence-corrected chi connectivity index (χ2v) is 0.250. The number of hydrogen-bond acceptors (Lipinski definition) is 5. The maximum Gasteiger partial charge on any atom is 1.00 e. The Labute approximate surface area is 95.3 Å². The predicted octanol–water partition coefficient (Wildman–Crippen LogP) is -9.25. The molecule has 0 aliphatic heterocycles. The Hall–Kier alpha value is 1.15. The van der Waals surface area contributed by atoms with Gasteiger partial charge in [0.25, 0.3) is 0 Å². The molecule has 0 amide bonds. The molecule has 0 radical (unpaired) electrons. The summed E-state index contributed by atoms with van der Waals surface area (Å²) < 4.78 is 0. The van der Waals surface area contributed by atoms with E-state index in [2.05, 4.69) is 0 Å². The molecule has 0 aromatic heterocycles. The first-order valence-corrected chi connectivity index (χ1v) is 0.812. The summed E-state index contributed by atoms with van der Waals surface area (Å²) in [5, 5.41) is 28.7. The van der Waals surface area contributed by atoms with Crippen molar-refractivity contribution in [2.24, 2.45) is 0 Å². The van der Waals surface area contributed by atoms with Crippen LogP contribution in [-0.2, 0) is 0 Å². The van der Waals surface area contributed by atoms with E-state index >= 15 is 0 Å². The van der Waals surface area contributed by atoms with Crippen LogP contribution in [0.5, 0.6) is 0 Å².